The van der Waals surface area contributed by atoms with Gasteiger partial charge in [0.2, 0.25) is 5.91 Å². The molecule has 1 aliphatic carbocycles. The van der Waals surface area contributed by atoms with Crippen LogP contribution in [0.25, 0.3) is 0 Å². The molecule has 0 radical (unpaired) electrons. The van der Waals surface area contributed by atoms with E-state index in [-0.39, 0.29) is 11.8 Å². The number of nitrogens with one attached hydrogen (secondary N) is 1. The van der Waals surface area contributed by atoms with Crippen LogP contribution in [-0.4, -0.2) is 29.9 Å². The molecule has 0 atom stereocenters. The van der Waals surface area contributed by atoms with Crippen LogP contribution in [-0.2, 0) is 11.3 Å². The van der Waals surface area contributed by atoms with Gasteiger partial charge in [0.25, 0.3) is 0 Å². The number of hydrogen-bond donors (Lipinski definition) is 1. The maximum absolute atomic E-state index is 12.0. The first-order valence-corrected chi connectivity index (χ1v) is 7.86. The molecule has 2 fully saturated rings. The maximum atomic E-state index is 12.0. The number of carbonyl (C=O) groups excluding carboxylic acids is 1. The van der Waals surface area contributed by atoms with Gasteiger partial charge < -0.3 is 5.32 Å². The standard InChI is InChI=1S/C16H21ClN2O/c17-14-3-1-2-12(10-14)11-19-8-6-13(7-9-19)16(20)18-15-4-5-15/h1-3,10,13,15H,4-9,11H2,(H,18,20). The molecule has 3 nitrogen and oxygen atoms in total. The van der Waals surface area contributed by atoms with Gasteiger partial charge in [0.1, 0.15) is 0 Å². The van der Waals surface area contributed by atoms with E-state index in [9.17, 15) is 4.79 Å². The fourth-order valence-corrected chi connectivity index (χ4v) is 3.01. The molecule has 1 N–H and O–H groups in total. The molecule has 108 valence electrons. The third-order valence-corrected chi connectivity index (χ3v) is 4.41. The van der Waals surface area contributed by atoms with Crippen molar-refractivity contribution in [3.05, 3.63) is 34.9 Å². The first-order chi connectivity index (χ1) is 9.70. The lowest BCUT2D eigenvalue weighted by Gasteiger charge is -2.31. The molecule has 1 aliphatic heterocycles. The summed E-state index contributed by atoms with van der Waals surface area (Å²) in [7, 11) is 0. The fraction of sp³-hybridized carbons (Fsp3) is 0.562. The Hall–Kier alpha value is -1.06. The second kappa shape index (κ2) is 6.15. The van der Waals surface area contributed by atoms with E-state index >= 15 is 0 Å². The summed E-state index contributed by atoms with van der Waals surface area (Å²) in [5.74, 6) is 0.487. The molecule has 1 heterocycles. The second-order valence-corrected chi connectivity index (χ2v) is 6.40. The van der Waals surface area contributed by atoms with Crippen LogP contribution in [0.2, 0.25) is 5.02 Å². The molecule has 0 aromatic heterocycles. The van der Waals surface area contributed by atoms with E-state index < -0.39 is 0 Å². The average Bonchev–Trinajstić information content (AvgIpc) is 3.23. The number of halogens is 1. The highest BCUT2D eigenvalue weighted by molar-refractivity contribution is 6.30. The zero-order chi connectivity index (χ0) is 13.9. The monoisotopic (exact) mass is 292 g/mol. The van der Waals surface area contributed by atoms with Crippen molar-refractivity contribution in [3.63, 3.8) is 0 Å². The molecular weight excluding hydrogens is 272 g/mol. The largest absolute Gasteiger partial charge is 0.353 e. The fourth-order valence-electron chi connectivity index (χ4n) is 2.79. The highest BCUT2D eigenvalue weighted by atomic mass is 35.5. The lowest BCUT2D eigenvalue weighted by molar-refractivity contribution is -0.126. The highest BCUT2D eigenvalue weighted by Crippen LogP contribution is 2.23. The second-order valence-electron chi connectivity index (χ2n) is 5.96. The van der Waals surface area contributed by atoms with Crippen LogP contribution in [0.3, 0.4) is 0 Å². The normalized spacial score (nSPS) is 20.9. The van der Waals surface area contributed by atoms with Gasteiger partial charge in [0.15, 0.2) is 0 Å². The van der Waals surface area contributed by atoms with Gasteiger partial charge in [-0.15, -0.1) is 0 Å². The summed E-state index contributed by atoms with van der Waals surface area (Å²) in [6.45, 7) is 2.92. The average molecular weight is 293 g/mol. The van der Waals surface area contributed by atoms with E-state index in [1.807, 2.05) is 18.2 Å². The van der Waals surface area contributed by atoms with E-state index in [0.717, 1.165) is 37.5 Å². The van der Waals surface area contributed by atoms with Gasteiger partial charge in [-0.1, -0.05) is 23.7 Å². The molecule has 2 aliphatic rings. The number of amides is 1. The number of carbonyl (C=O) groups is 1. The summed E-state index contributed by atoms with van der Waals surface area (Å²) in [4.78, 5) is 14.4. The van der Waals surface area contributed by atoms with Crippen molar-refractivity contribution in [1.82, 2.24) is 10.2 Å². The number of hydrogen-bond acceptors (Lipinski definition) is 2. The molecule has 1 saturated carbocycles. The van der Waals surface area contributed by atoms with E-state index in [0.29, 0.717) is 6.04 Å². The smallest absolute Gasteiger partial charge is 0.223 e. The minimum atomic E-state index is 0.214. The van der Waals surface area contributed by atoms with Gasteiger partial charge >= 0.3 is 0 Å². The molecule has 1 amide bonds. The van der Waals surface area contributed by atoms with Gasteiger partial charge in [0, 0.05) is 23.5 Å². The van der Waals surface area contributed by atoms with Crippen molar-refractivity contribution in [1.29, 1.82) is 0 Å². The van der Waals surface area contributed by atoms with Crippen LogP contribution < -0.4 is 5.32 Å². The van der Waals surface area contributed by atoms with Crippen molar-refractivity contribution >= 4 is 17.5 Å². The molecule has 0 bridgehead atoms. The van der Waals surface area contributed by atoms with Crippen molar-refractivity contribution in [3.8, 4) is 0 Å². The van der Waals surface area contributed by atoms with Crippen molar-refractivity contribution in [2.24, 2.45) is 5.92 Å². The summed E-state index contributed by atoms with van der Waals surface area (Å²) >= 11 is 6.01. The zero-order valence-corrected chi connectivity index (χ0v) is 12.4. The van der Waals surface area contributed by atoms with Crippen LogP contribution in [0.15, 0.2) is 24.3 Å². The SMILES string of the molecule is O=C(NC1CC1)C1CCN(Cc2cccc(Cl)c2)CC1. The molecule has 20 heavy (non-hydrogen) atoms. The van der Waals surface area contributed by atoms with Gasteiger partial charge in [-0.2, -0.15) is 0 Å². The van der Waals surface area contributed by atoms with E-state index in [4.69, 9.17) is 11.6 Å². The number of rotatable bonds is 4. The first kappa shape index (κ1) is 13.9. The molecule has 1 aromatic carbocycles. The summed E-state index contributed by atoms with van der Waals surface area (Å²) in [5, 5.41) is 3.91. The lowest BCUT2D eigenvalue weighted by atomic mass is 9.95. The van der Waals surface area contributed by atoms with E-state index in [1.165, 1.54) is 18.4 Å². The minimum absolute atomic E-state index is 0.214. The molecular formula is C16H21ClN2O. The maximum Gasteiger partial charge on any atom is 0.223 e. The Kier molecular flexibility index (Phi) is 4.27. The summed E-state index contributed by atoms with van der Waals surface area (Å²) in [6.07, 6.45) is 4.27. The van der Waals surface area contributed by atoms with Crippen LogP contribution in [0, 0.1) is 5.92 Å². The topological polar surface area (TPSA) is 32.3 Å². The van der Waals surface area contributed by atoms with Gasteiger partial charge in [-0.3, -0.25) is 9.69 Å². The predicted octanol–water partition coefficient (Wildman–Crippen LogP) is 2.83. The van der Waals surface area contributed by atoms with Gasteiger partial charge in [-0.25, -0.2) is 0 Å². The van der Waals surface area contributed by atoms with Crippen LogP contribution in [0.5, 0.6) is 0 Å². The van der Waals surface area contributed by atoms with Crippen LogP contribution in [0.4, 0.5) is 0 Å². The number of piperidine rings is 1. The number of likely N-dealkylation sites (tertiary alicyclic amines) is 1. The Bertz CT molecular complexity index is 479. The Morgan fingerprint density at radius 2 is 2.00 bits per heavy atom. The summed E-state index contributed by atoms with van der Waals surface area (Å²) in [6, 6.07) is 8.50. The molecule has 1 aromatic rings. The molecule has 3 rings (SSSR count). The third-order valence-electron chi connectivity index (χ3n) is 4.18. The minimum Gasteiger partial charge on any atom is -0.353 e. The Morgan fingerprint density at radius 3 is 2.65 bits per heavy atom. The van der Waals surface area contributed by atoms with Crippen LogP contribution >= 0.6 is 11.6 Å². The molecule has 4 heteroatoms. The molecule has 0 spiro atoms. The van der Waals surface area contributed by atoms with E-state index in [2.05, 4.69) is 16.3 Å². The summed E-state index contributed by atoms with van der Waals surface area (Å²) in [5.41, 5.74) is 1.25. The number of nitrogens with zero attached hydrogens (tertiary/aromatic N) is 1. The molecule has 0 unspecified atom stereocenters. The van der Waals surface area contributed by atoms with Crippen molar-refractivity contribution < 1.29 is 4.79 Å². The quantitative estimate of drug-likeness (QED) is 0.925. The predicted molar refractivity (Wildman–Crippen MR) is 80.6 cm³/mol. The zero-order valence-electron chi connectivity index (χ0n) is 11.6. The number of benzene rings is 1. The van der Waals surface area contributed by atoms with Crippen molar-refractivity contribution in [2.45, 2.75) is 38.3 Å². The van der Waals surface area contributed by atoms with Crippen molar-refractivity contribution in [2.75, 3.05) is 13.1 Å². The van der Waals surface area contributed by atoms with Crippen LogP contribution in [0.1, 0.15) is 31.2 Å². The third kappa shape index (κ3) is 3.74. The highest BCUT2D eigenvalue weighted by Gasteiger charge is 2.29. The molecule has 1 saturated heterocycles. The lowest BCUT2D eigenvalue weighted by Crippen LogP contribution is -2.40. The van der Waals surface area contributed by atoms with Gasteiger partial charge in [0.05, 0.1) is 0 Å². The van der Waals surface area contributed by atoms with E-state index in [1.54, 1.807) is 0 Å². The Balaban J connectivity index is 1.47. The Labute approximate surface area is 125 Å². The van der Waals surface area contributed by atoms with Gasteiger partial charge in [-0.05, 0) is 56.5 Å². The summed E-state index contributed by atoms with van der Waals surface area (Å²) < 4.78 is 0. The first-order valence-electron chi connectivity index (χ1n) is 7.48. The Morgan fingerprint density at radius 1 is 1.25 bits per heavy atom.